The number of hydrogen-bond donors (Lipinski definition) is 1. The zero-order chi connectivity index (χ0) is 12.1. The maximum atomic E-state index is 9.40. The Hall–Kier alpha value is -0.120. The van der Waals surface area contributed by atoms with E-state index in [9.17, 15) is 5.11 Å². The highest BCUT2D eigenvalue weighted by Gasteiger charge is 2.38. The van der Waals surface area contributed by atoms with Crippen molar-refractivity contribution in [2.75, 3.05) is 40.0 Å². The molecule has 0 aromatic carbocycles. The maximum absolute atomic E-state index is 9.40. The van der Waals surface area contributed by atoms with Gasteiger partial charge in [0.25, 0.3) is 0 Å². The molecule has 1 saturated carbocycles. The maximum Gasteiger partial charge on any atom is 0.0579 e. The SMILES string of the molecule is CN(CCC1CCCCC1)CC1(CO)COC1. The minimum absolute atomic E-state index is 0.0430. The topological polar surface area (TPSA) is 32.7 Å². The number of ether oxygens (including phenoxy) is 1. The lowest BCUT2D eigenvalue weighted by Crippen LogP contribution is -2.52. The van der Waals surface area contributed by atoms with Gasteiger partial charge in [0.05, 0.1) is 25.2 Å². The van der Waals surface area contributed by atoms with Crippen molar-refractivity contribution in [1.29, 1.82) is 0 Å². The van der Waals surface area contributed by atoms with Gasteiger partial charge in [0.15, 0.2) is 0 Å². The molecule has 1 heterocycles. The lowest BCUT2D eigenvalue weighted by molar-refractivity contribution is -0.146. The van der Waals surface area contributed by atoms with Crippen LogP contribution in [0.25, 0.3) is 0 Å². The summed E-state index contributed by atoms with van der Waals surface area (Å²) in [5, 5.41) is 9.40. The van der Waals surface area contributed by atoms with Crippen LogP contribution in [0.15, 0.2) is 0 Å². The fourth-order valence-electron chi connectivity index (χ4n) is 3.15. The lowest BCUT2D eigenvalue weighted by atomic mass is 9.85. The molecule has 0 bridgehead atoms. The van der Waals surface area contributed by atoms with Crippen LogP contribution in [0.5, 0.6) is 0 Å². The van der Waals surface area contributed by atoms with E-state index in [2.05, 4.69) is 11.9 Å². The molecule has 0 aromatic rings. The van der Waals surface area contributed by atoms with Gasteiger partial charge in [0.1, 0.15) is 0 Å². The molecule has 0 spiro atoms. The molecule has 17 heavy (non-hydrogen) atoms. The van der Waals surface area contributed by atoms with Gasteiger partial charge in [-0.15, -0.1) is 0 Å². The van der Waals surface area contributed by atoms with Crippen molar-refractivity contribution >= 4 is 0 Å². The molecule has 2 fully saturated rings. The second kappa shape index (κ2) is 6.17. The van der Waals surface area contributed by atoms with Crippen molar-refractivity contribution in [2.45, 2.75) is 38.5 Å². The van der Waals surface area contributed by atoms with Crippen LogP contribution in [0, 0.1) is 11.3 Å². The van der Waals surface area contributed by atoms with Gasteiger partial charge in [0.2, 0.25) is 0 Å². The second-order valence-electron chi connectivity index (χ2n) is 6.18. The lowest BCUT2D eigenvalue weighted by Gasteiger charge is -2.42. The molecule has 0 amide bonds. The van der Waals surface area contributed by atoms with Gasteiger partial charge in [-0.3, -0.25) is 0 Å². The Morgan fingerprint density at radius 3 is 2.47 bits per heavy atom. The molecule has 3 heteroatoms. The van der Waals surface area contributed by atoms with Crippen molar-refractivity contribution in [1.82, 2.24) is 4.90 Å². The summed E-state index contributed by atoms with van der Waals surface area (Å²) in [6, 6.07) is 0. The molecule has 2 rings (SSSR count). The Morgan fingerprint density at radius 2 is 1.94 bits per heavy atom. The van der Waals surface area contributed by atoms with Crippen molar-refractivity contribution in [3.8, 4) is 0 Å². The predicted molar refractivity (Wildman–Crippen MR) is 69.0 cm³/mol. The van der Waals surface area contributed by atoms with E-state index in [4.69, 9.17) is 4.74 Å². The third-order valence-corrected chi connectivity index (χ3v) is 4.40. The molecule has 0 unspecified atom stereocenters. The average Bonchev–Trinajstić information content (AvgIpc) is 2.33. The number of rotatable bonds is 6. The Balaban J connectivity index is 1.64. The normalized spacial score (nSPS) is 24.9. The van der Waals surface area contributed by atoms with Gasteiger partial charge in [-0.05, 0) is 25.9 Å². The molecule has 1 saturated heterocycles. The van der Waals surface area contributed by atoms with Crippen LogP contribution in [0.1, 0.15) is 38.5 Å². The molecule has 2 aliphatic rings. The molecule has 1 aliphatic heterocycles. The summed E-state index contributed by atoms with van der Waals surface area (Å²) in [5.41, 5.74) is 0.0430. The predicted octanol–water partition coefficient (Wildman–Crippen LogP) is 1.90. The van der Waals surface area contributed by atoms with Gasteiger partial charge < -0.3 is 14.7 Å². The van der Waals surface area contributed by atoms with Gasteiger partial charge in [0, 0.05) is 6.54 Å². The number of aliphatic hydroxyl groups excluding tert-OH is 1. The van der Waals surface area contributed by atoms with Gasteiger partial charge >= 0.3 is 0 Å². The molecular formula is C14H27NO2. The van der Waals surface area contributed by atoms with Crippen LogP contribution >= 0.6 is 0 Å². The highest BCUT2D eigenvalue weighted by molar-refractivity contribution is 4.87. The highest BCUT2D eigenvalue weighted by Crippen LogP contribution is 2.29. The van der Waals surface area contributed by atoms with Crippen LogP contribution in [0.2, 0.25) is 0 Å². The van der Waals surface area contributed by atoms with E-state index < -0.39 is 0 Å². The first kappa shape index (κ1) is 13.3. The highest BCUT2D eigenvalue weighted by atomic mass is 16.5. The monoisotopic (exact) mass is 241 g/mol. The molecule has 1 aliphatic carbocycles. The smallest absolute Gasteiger partial charge is 0.0579 e. The number of hydrogen-bond acceptors (Lipinski definition) is 3. The first-order chi connectivity index (χ1) is 8.24. The minimum Gasteiger partial charge on any atom is -0.396 e. The van der Waals surface area contributed by atoms with Crippen LogP contribution in [0.3, 0.4) is 0 Å². The fraction of sp³-hybridized carbons (Fsp3) is 1.00. The van der Waals surface area contributed by atoms with Crippen molar-refractivity contribution < 1.29 is 9.84 Å². The summed E-state index contributed by atoms with van der Waals surface area (Å²) in [4.78, 5) is 2.38. The third kappa shape index (κ3) is 3.67. The largest absolute Gasteiger partial charge is 0.396 e. The standard InChI is InChI=1S/C14H27NO2/c1-15(9-14(10-16)11-17-12-14)8-7-13-5-3-2-4-6-13/h13,16H,2-12H2,1H3. The van der Waals surface area contributed by atoms with E-state index in [0.717, 1.165) is 25.7 Å². The van der Waals surface area contributed by atoms with E-state index in [-0.39, 0.29) is 12.0 Å². The van der Waals surface area contributed by atoms with Crippen molar-refractivity contribution in [3.63, 3.8) is 0 Å². The summed E-state index contributed by atoms with van der Waals surface area (Å²) in [6.07, 6.45) is 8.51. The molecule has 0 radical (unpaired) electrons. The van der Waals surface area contributed by atoms with Gasteiger partial charge in [-0.1, -0.05) is 32.1 Å². The summed E-state index contributed by atoms with van der Waals surface area (Å²) < 4.78 is 5.24. The Bertz CT molecular complexity index is 217. The summed E-state index contributed by atoms with van der Waals surface area (Å²) in [7, 11) is 2.18. The Labute approximate surface area is 105 Å². The van der Waals surface area contributed by atoms with Crippen LogP contribution < -0.4 is 0 Å². The van der Waals surface area contributed by atoms with Gasteiger partial charge in [-0.25, -0.2) is 0 Å². The number of aliphatic hydroxyl groups is 1. The van der Waals surface area contributed by atoms with Crippen molar-refractivity contribution in [2.24, 2.45) is 11.3 Å². The van der Waals surface area contributed by atoms with Crippen molar-refractivity contribution in [3.05, 3.63) is 0 Å². The molecule has 3 nitrogen and oxygen atoms in total. The quantitative estimate of drug-likeness (QED) is 0.771. The summed E-state index contributed by atoms with van der Waals surface area (Å²) in [5.74, 6) is 0.953. The van der Waals surface area contributed by atoms with E-state index in [0.29, 0.717) is 0 Å². The third-order valence-electron chi connectivity index (χ3n) is 4.40. The van der Waals surface area contributed by atoms with E-state index in [1.54, 1.807) is 0 Å². The van der Waals surface area contributed by atoms with Crippen LogP contribution in [0.4, 0.5) is 0 Å². The van der Waals surface area contributed by atoms with E-state index >= 15 is 0 Å². The average molecular weight is 241 g/mol. The molecule has 100 valence electrons. The Kier molecular flexibility index (Phi) is 4.83. The van der Waals surface area contributed by atoms with E-state index in [1.165, 1.54) is 45.1 Å². The molecule has 1 N–H and O–H groups in total. The Morgan fingerprint density at radius 1 is 1.24 bits per heavy atom. The number of nitrogens with zero attached hydrogens (tertiary/aromatic N) is 1. The zero-order valence-electron chi connectivity index (χ0n) is 11.2. The molecule has 0 aromatic heterocycles. The van der Waals surface area contributed by atoms with Crippen LogP contribution in [-0.2, 0) is 4.74 Å². The fourth-order valence-corrected chi connectivity index (χ4v) is 3.15. The van der Waals surface area contributed by atoms with Gasteiger partial charge in [-0.2, -0.15) is 0 Å². The summed E-state index contributed by atoms with van der Waals surface area (Å²) >= 11 is 0. The van der Waals surface area contributed by atoms with E-state index in [1.807, 2.05) is 0 Å². The van der Waals surface area contributed by atoms with Crippen LogP contribution in [-0.4, -0.2) is 50.0 Å². The first-order valence-corrected chi connectivity index (χ1v) is 7.11. The second-order valence-corrected chi connectivity index (χ2v) is 6.18. The zero-order valence-corrected chi connectivity index (χ0v) is 11.2. The summed E-state index contributed by atoms with van der Waals surface area (Å²) in [6.45, 7) is 3.89. The molecular weight excluding hydrogens is 214 g/mol. The molecule has 0 atom stereocenters. The minimum atomic E-state index is 0.0430. The first-order valence-electron chi connectivity index (χ1n) is 7.11.